The normalized spacial score (nSPS) is 16.4. The smallest absolute Gasteiger partial charge is 0.407 e. The van der Waals surface area contributed by atoms with Crippen LogP contribution in [0, 0.1) is 11.6 Å². The summed E-state index contributed by atoms with van der Waals surface area (Å²) in [4.78, 5) is 36.9. The highest BCUT2D eigenvalue weighted by Crippen LogP contribution is 2.51. The second kappa shape index (κ2) is 16.5. The molecule has 1 aliphatic rings. The zero-order chi connectivity index (χ0) is 32.2. The Morgan fingerprint density at radius 2 is 1.77 bits per heavy atom. The maximum absolute atomic E-state index is 15.0. The van der Waals surface area contributed by atoms with Crippen LogP contribution in [-0.2, 0) is 23.9 Å². The summed E-state index contributed by atoms with van der Waals surface area (Å²) in [7, 11) is 1.60. The summed E-state index contributed by atoms with van der Waals surface area (Å²) < 4.78 is 45.4. The molecular weight excluding hydrogens is 594 g/mol. The number of aldehydes is 1. The number of alkyl carbamates (subject to hydrolysis) is 1. The number of carbonyl (C=O) groups excluding carboxylic acids is 3. The lowest BCUT2D eigenvalue weighted by molar-refractivity contribution is -0.108. The molecule has 0 spiro atoms. The average molecular weight is 635 g/mol. The maximum atomic E-state index is 15.0. The van der Waals surface area contributed by atoms with Crippen LogP contribution in [0.1, 0.15) is 51.2 Å². The zero-order valence-corrected chi connectivity index (χ0v) is 26.3. The van der Waals surface area contributed by atoms with E-state index in [1.165, 1.54) is 9.91 Å². The van der Waals surface area contributed by atoms with Crippen LogP contribution in [0.5, 0.6) is 0 Å². The molecule has 2 aromatic rings. The molecule has 0 aromatic heterocycles. The molecule has 1 N–H and O–H groups in total. The minimum absolute atomic E-state index is 0.0574. The molecule has 3 amide bonds. The van der Waals surface area contributed by atoms with Crippen LogP contribution in [-0.4, -0.2) is 85.5 Å². The number of nitrogens with one attached hydrogen (secondary N) is 1. The molecule has 10 nitrogen and oxygen atoms in total. The van der Waals surface area contributed by atoms with E-state index < -0.39 is 34.2 Å². The fourth-order valence-electron chi connectivity index (χ4n) is 4.29. The van der Waals surface area contributed by atoms with Gasteiger partial charge in [-0.25, -0.2) is 18.4 Å². The fourth-order valence-corrected chi connectivity index (χ4v) is 5.70. The summed E-state index contributed by atoms with van der Waals surface area (Å²) in [6.45, 7) is 6.91. The molecule has 1 unspecified atom stereocenters. The van der Waals surface area contributed by atoms with Crippen LogP contribution in [0.25, 0.3) is 0 Å². The number of urea groups is 1. The molecular formula is C31H40F2N4O6S. The number of benzene rings is 2. The van der Waals surface area contributed by atoms with Crippen molar-refractivity contribution in [2.45, 2.75) is 50.5 Å². The van der Waals surface area contributed by atoms with Gasteiger partial charge < -0.3 is 29.2 Å². The van der Waals surface area contributed by atoms with Gasteiger partial charge >= 0.3 is 12.1 Å². The summed E-state index contributed by atoms with van der Waals surface area (Å²) in [5.74, 6) is -1.30. The quantitative estimate of drug-likeness (QED) is 0.203. The molecule has 0 saturated heterocycles. The zero-order valence-electron chi connectivity index (χ0n) is 25.5. The number of carbonyl (C=O) groups is 3. The molecule has 3 rings (SSSR count). The van der Waals surface area contributed by atoms with E-state index in [0.717, 1.165) is 41.8 Å². The number of hydrogen-bond donors (Lipinski definition) is 1. The third-order valence-corrected chi connectivity index (χ3v) is 7.82. The maximum Gasteiger partial charge on any atom is 0.407 e. The topological polar surface area (TPSA) is 110 Å². The summed E-state index contributed by atoms with van der Waals surface area (Å²) >= 11 is 1.16. The number of halogens is 2. The lowest BCUT2D eigenvalue weighted by Gasteiger charge is -2.37. The molecule has 1 atom stereocenters. The first-order valence-electron chi connectivity index (χ1n) is 14.4. The minimum Gasteiger partial charge on any atom is -0.444 e. The molecule has 1 aliphatic heterocycles. The van der Waals surface area contributed by atoms with Gasteiger partial charge in [-0.15, -0.1) is 0 Å². The van der Waals surface area contributed by atoms with Gasteiger partial charge in [0.15, 0.2) is 0 Å². The van der Waals surface area contributed by atoms with E-state index in [0.29, 0.717) is 39.1 Å². The average Bonchev–Trinajstić information content (AvgIpc) is 3.37. The van der Waals surface area contributed by atoms with Gasteiger partial charge in [0, 0.05) is 32.1 Å². The summed E-state index contributed by atoms with van der Waals surface area (Å²) in [6.07, 6.45) is 1.26. The van der Waals surface area contributed by atoms with Crippen molar-refractivity contribution in [1.29, 1.82) is 0 Å². The molecule has 0 bridgehead atoms. The van der Waals surface area contributed by atoms with Crippen molar-refractivity contribution in [3.05, 3.63) is 71.3 Å². The van der Waals surface area contributed by atoms with Gasteiger partial charge in [-0.05, 0) is 57.4 Å². The van der Waals surface area contributed by atoms with Crippen molar-refractivity contribution < 1.29 is 37.4 Å². The number of rotatable bonds is 15. The molecule has 0 aliphatic carbocycles. The number of thioether (sulfide) groups is 1. The van der Waals surface area contributed by atoms with Gasteiger partial charge in [0.1, 0.15) is 33.4 Å². The molecule has 0 saturated carbocycles. The largest absolute Gasteiger partial charge is 0.444 e. The van der Waals surface area contributed by atoms with Crippen LogP contribution < -0.4 is 5.32 Å². The number of likely N-dealkylation sites (N-methyl/N-ethyl adjacent to an activating group) is 1. The monoisotopic (exact) mass is 634 g/mol. The SMILES string of the molecule is CN(CCOCCOCCC=O)C(=O)N1N=C(c2cc(F)ccc2F)SC1(CCCNC(=O)OC(C)(C)C)c1ccccc1. The van der Waals surface area contributed by atoms with E-state index in [1.54, 1.807) is 27.8 Å². The first-order valence-corrected chi connectivity index (χ1v) is 15.2. The number of hydrazone groups is 1. The Labute approximate surface area is 261 Å². The van der Waals surface area contributed by atoms with Gasteiger partial charge in [-0.2, -0.15) is 10.1 Å². The highest BCUT2D eigenvalue weighted by molar-refractivity contribution is 8.15. The summed E-state index contributed by atoms with van der Waals surface area (Å²) in [6, 6.07) is 11.8. The van der Waals surface area contributed by atoms with Gasteiger partial charge in [-0.3, -0.25) is 0 Å². The second-order valence-corrected chi connectivity index (χ2v) is 12.3. The molecule has 0 fully saturated rings. The van der Waals surface area contributed by atoms with Crippen LogP contribution >= 0.6 is 11.8 Å². The Kier molecular flexibility index (Phi) is 13.1. The van der Waals surface area contributed by atoms with E-state index in [1.807, 2.05) is 30.3 Å². The van der Waals surface area contributed by atoms with Crippen molar-refractivity contribution in [2.24, 2.45) is 5.10 Å². The molecule has 1 heterocycles. The number of hydrogen-bond acceptors (Lipinski definition) is 8. The van der Waals surface area contributed by atoms with E-state index in [4.69, 9.17) is 14.2 Å². The molecule has 44 heavy (non-hydrogen) atoms. The highest BCUT2D eigenvalue weighted by Gasteiger charge is 2.49. The number of amides is 3. The molecule has 240 valence electrons. The van der Waals surface area contributed by atoms with Crippen molar-refractivity contribution in [2.75, 3.05) is 46.6 Å². The first kappa shape index (κ1) is 34.9. The standard InChI is InChI=1S/C31H40F2N4O6S/c1-30(2,3)43-28(39)34-15-8-14-31(23-10-6-5-7-11-23)37(35-27(44-31)25-22-24(32)12-13-26(25)33)29(40)36(4)16-19-42-21-20-41-18-9-17-38/h5-7,10-13,17,22H,8-9,14-16,18-21H2,1-4H3,(H,34,39). The number of nitrogens with zero attached hydrogens (tertiary/aromatic N) is 3. The van der Waals surface area contributed by atoms with E-state index in [2.05, 4.69) is 10.4 Å². The van der Waals surface area contributed by atoms with Gasteiger partial charge in [0.2, 0.25) is 0 Å². The Morgan fingerprint density at radius 1 is 1.07 bits per heavy atom. The van der Waals surface area contributed by atoms with Crippen molar-refractivity contribution >= 4 is 35.2 Å². The van der Waals surface area contributed by atoms with Crippen LogP contribution in [0.4, 0.5) is 18.4 Å². The third kappa shape index (κ3) is 10.00. The van der Waals surface area contributed by atoms with Crippen LogP contribution in [0.2, 0.25) is 0 Å². The molecule has 2 aromatic carbocycles. The van der Waals surface area contributed by atoms with Crippen LogP contribution in [0.3, 0.4) is 0 Å². The number of ether oxygens (including phenoxy) is 3. The summed E-state index contributed by atoms with van der Waals surface area (Å²) in [5.41, 5.74) is 0.0105. The predicted molar refractivity (Wildman–Crippen MR) is 164 cm³/mol. The van der Waals surface area contributed by atoms with E-state index >= 15 is 0 Å². The molecule has 13 heteroatoms. The second-order valence-electron chi connectivity index (χ2n) is 11.0. The summed E-state index contributed by atoms with van der Waals surface area (Å²) in [5, 5.41) is 8.77. The predicted octanol–water partition coefficient (Wildman–Crippen LogP) is 5.51. The fraction of sp³-hybridized carbons (Fsp3) is 0.484. The Morgan fingerprint density at radius 3 is 2.45 bits per heavy atom. The Hall–Kier alpha value is -3.55. The van der Waals surface area contributed by atoms with Gasteiger partial charge in [0.25, 0.3) is 0 Å². The van der Waals surface area contributed by atoms with Gasteiger partial charge in [0.05, 0.1) is 26.4 Å². The first-order chi connectivity index (χ1) is 21.0. The highest BCUT2D eigenvalue weighted by atomic mass is 32.2. The van der Waals surface area contributed by atoms with Gasteiger partial charge in [-0.1, -0.05) is 42.1 Å². The van der Waals surface area contributed by atoms with Crippen LogP contribution in [0.15, 0.2) is 53.6 Å². The van der Waals surface area contributed by atoms with Crippen molar-refractivity contribution in [3.63, 3.8) is 0 Å². The van der Waals surface area contributed by atoms with Crippen molar-refractivity contribution in [1.82, 2.24) is 15.2 Å². The Bertz CT molecular complexity index is 1290. The lowest BCUT2D eigenvalue weighted by atomic mass is 10.0. The lowest BCUT2D eigenvalue weighted by Crippen LogP contribution is -2.48. The van der Waals surface area contributed by atoms with E-state index in [-0.39, 0.29) is 30.3 Å². The minimum atomic E-state index is -1.14. The third-order valence-electron chi connectivity index (χ3n) is 6.37. The van der Waals surface area contributed by atoms with Crippen molar-refractivity contribution in [3.8, 4) is 0 Å². The van der Waals surface area contributed by atoms with E-state index in [9.17, 15) is 23.2 Å². The Balaban J connectivity index is 1.84. The molecule has 0 radical (unpaired) electrons.